The average Bonchev–Trinajstić information content (AvgIpc) is 3.35. The zero-order valence-corrected chi connectivity index (χ0v) is 15.0. The van der Waals surface area contributed by atoms with Crippen LogP contribution in [0.5, 0.6) is 0 Å². The maximum atomic E-state index is 12.6. The van der Waals surface area contributed by atoms with E-state index in [1.165, 1.54) is 17.7 Å². The summed E-state index contributed by atoms with van der Waals surface area (Å²) in [6, 6.07) is 7.14. The summed E-state index contributed by atoms with van der Waals surface area (Å²) in [5, 5.41) is 14.0. The van der Waals surface area contributed by atoms with Crippen LogP contribution in [0.1, 0.15) is 10.5 Å². The lowest BCUT2D eigenvalue weighted by Gasteiger charge is -2.10. The molecule has 0 unspecified atom stereocenters. The molecule has 0 bridgehead atoms. The predicted octanol–water partition coefficient (Wildman–Crippen LogP) is 4.36. The number of carbonyl (C=O) groups is 1. The van der Waals surface area contributed by atoms with Gasteiger partial charge in [-0.1, -0.05) is 11.6 Å². The minimum Gasteiger partial charge on any atom is -0.319 e. The maximum Gasteiger partial charge on any atom is 0.275 e. The van der Waals surface area contributed by atoms with E-state index in [4.69, 9.17) is 11.6 Å². The second kappa shape index (κ2) is 6.75. The van der Waals surface area contributed by atoms with E-state index in [0.717, 1.165) is 10.6 Å². The number of amides is 1. The van der Waals surface area contributed by atoms with Gasteiger partial charge in [0.25, 0.3) is 5.91 Å². The quantitative estimate of drug-likeness (QED) is 0.564. The number of hydrogen-bond acceptors (Lipinski definition) is 6. The number of benzene rings is 1. The summed E-state index contributed by atoms with van der Waals surface area (Å²) in [5.74, 6) is -0.304. The number of halogens is 1. The smallest absolute Gasteiger partial charge is 0.275 e. The Morgan fingerprint density at radius 3 is 2.92 bits per heavy atom. The molecule has 4 rings (SSSR count). The van der Waals surface area contributed by atoms with Crippen molar-refractivity contribution < 1.29 is 4.79 Å². The molecule has 9 heteroatoms. The van der Waals surface area contributed by atoms with Crippen molar-refractivity contribution in [2.45, 2.75) is 0 Å². The molecule has 0 spiro atoms. The summed E-state index contributed by atoms with van der Waals surface area (Å²) in [6.45, 7) is 0. The van der Waals surface area contributed by atoms with Gasteiger partial charge in [0.2, 0.25) is 0 Å². The Morgan fingerprint density at radius 2 is 2.16 bits per heavy atom. The molecule has 1 aromatic carbocycles. The van der Waals surface area contributed by atoms with Crippen LogP contribution in [-0.2, 0) is 0 Å². The van der Waals surface area contributed by atoms with E-state index >= 15 is 0 Å². The first kappa shape index (κ1) is 15.9. The van der Waals surface area contributed by atoms with E-state index in [2.05, 4.69) is 20.4 Å². The molecule has 1 amide bonds. The molecule has 0 saturated carbocycles. The van der Waals surface area contributed by atoms with Gasteiger partial charge in [-0.2, -0.15) is 16.4 Å². The minimum absolute atomic E-state index is 0.304. The van der Waals surface area contributed by atoms with Crippen LogP contribution in [0.3, 0.4) is 0 Å². The number of carbonyl (C=O) groups excluding carboxylic acids is 1. The zero-order chi connectivity index (χ0) is 17.2. The van der Waals surface area contributed by atoms with E-state index in [1.54, 1.807) is 45.9 Å². The highest BCUT2D eigenvalue weighted by molar-refractivity contribution is 7.14. The fraction of sp³-hybridized carbons (Fsp3) is 0. The molecule has 0 radical (unpaired) electrons. The van der Waals surface area contributed by atoms with Gasteiger partial charge in [0, 0.05) is 21.3 Å². The topological polar surface area (TPSA) is 72.7 Å². The summed E-state index contributed by atoms with van der Waals surface area (Å²) in [4.78, 5) is 20.9. The third kappa shape index (κ3) is 3.32. The Morgan fingerprint density at radius 1 is 1.24 bits per heavy atom. The number of thiazole rings is 1. The second-order valence-corrected chi connectivity index (χ2v) is 7.08. The standard InChI is InChI=1S/C16H10ClN5OS2/c17-11-1-2-14(22-9-18-8-19-22)12(5-11)20-15(23)13-7-25-16(21-13)10-3-4-24-6-10/h1-9H,(H,20,23). The van der Waals surface area contributed by atoms with E-state index in [0.29, 0.717) is 22.1 Å². The van der Waals surface area contributed by atoms with Gasteiger partial charge in [-0.3, -0.25) is 4.79 Å². The highest BCUT2D eigenvalue weighted by atomic mass is 35.5. The summed E-state index contributed by atoms with van der Waals surface area (Å²) in [6.07, 6.45) is 2.98. The van der Waals surface area contributed by atoms with Gasteiger partial charge in [0.1, 0.15) is 23.4 Å². The number of thiophene rings is 1. The van der Waals surface area contributed by atoms with Gasteiger partial charge in [-0.05, 0) is 29.6 Å². The van der Waals surface area contributed by atoms with Crippen LogP contribution in [0, 0.1) is 0 Å². The summed E-state index contributed by atoms with van der Waals surface area (Å²) in [5.41, 5.74) is 2.58. The lowest BCUT2D eigenvalue weighted by atomic mass is 10.2. The molecule has 4 aromatic rings. The Hall–Kier alpha value is -2.55. The van der Waals surface area contributed by atoms with Crippen molar-refractivity contribution in [3.63, 3.8) is 0 Å². The van der Waals surface area contributed by atoms with E-state index in [9.17, 15) is 4.79 Å². The van der Waals surface area contributed by atoms with Gasteiger partial charge in [-0.15, -0.1) is 11.3 Å². The molecule has 0 fully saturated rings. The first-order chi connectivity index (χ1) is 12.2. The van der Waals surface area contributed by atoms with Crippen LogP contribution < -0.4 is 5.32 Å². The van der Waals surface area contributed by atoms with Crippen molar-refractivity contribution in [1.29, 1.82) is 0 Å². The number of nitrogens with one attached hydrogen (secondary N) is 1. The third-order valence-electron chi connectivity index (χ3n) is 3.38. The van der Waals surface area contributed by atoms with Gasteiger partial charge in [0.15, 0.2) is 0 Å². The number of aromatic nitrogens is 4. The largest absolute Gasteiger partial charge is 0.319 e. The van der Waals surface area contributed by atoms with Crippen molar-refractivity contribution in [3.05, 3.63) is 63.8 Å². The third-order valence-corrected chi connectivity index (χ3v) is 5.19. The van der Waals surface area contributed by atoms with E-state index in [-0.39, 0.29) is 5.91 Å². The van der Waals surface area contributed by atoms with E-state index < -0.39 is 0 Å². The molecule has 124 valence electrons. The first-order valence-corrected chi connectivity index (χ1v) is 9.35. The molecule has 0 atom stereocenters. The molecular weight excluding hydrogens is 378 g/mol. The average molecular weight is 388 g/mol. The fourth-order valence-corrected chi connectivity index (χ4v) is 3.91. The van der Waals surface area contributed by atoms with Gasteiger partial charge >= 0.3 is 0 Å². The van der Waals surface area contributed by atoms with Crippen LogP contribution in [0.25, 0.3) is 16.3 Å². The van der Waals surface area contributed by atoms with Gasteiger partial charge in [-0.25, -0.2) is 14.6 Å². The highest BCUT2D eigenvalue weighted by Gasteiger charge is 2.15. The van der Waals surface area contributed by atoms with Crippen LogP contribution in [0.2, 0.25) is 5.02 Å². The summed E-state index contributed by atoms with van der Waals surface area (Å²) in [7, 11) is 0. The van der Waals surface area contributed by atoms with Gasteiger partial charge in [0.05, 0.1) is 11.4 Å². The van der Waals surface area contributed by atoms with Crippen molar-refractivity contribution in [2.75, 3.05) is 5.32 Å². The lowest BCUT2D eigenvalue weighted by Crippen LogP contribution is -2.14. The first-order valence-electron chi connectivity index (χ1n) is 7.15. The predicted molar refractivity (Wildman–Crippen MR) is 99.7 cm³/mol. The molecule has 1 N–H and O–H groups in total. The minimum atomic E-state index is -0.304. The van der Waals surface area contributed by atoms with Crippen molar-refractivity contribution >= 4 is 45.9 Å². The number of rotatable bonds is 4. The summed E-state index contributed by atoms with van der Waals surface area (Å²) >= 11 is 9.10. The summed E-state index contributed by atoms with van der Waals surface area (Å²) < 4.78 is 1.56. The Kier molecular flexibility index (Phi) is 4.31. The number of anilines is 1. The van der Waals surface area contributed by atoms with Crippen LogP contribution >= 0.6 is 34.3 Å². The SMILES string of the molecule is O=C(Nc1cc(Cl)ccc1-n1cncn1)c1csc(-c2ccsc2)n1. The van der Waals surface area contributed by atoms with Crippen molar-refractivity contribution in [1.82, 2.24) is 19.7 Å². The molecular formula is C16H10ClN5OS2. The molecule has 0 aliphatic rings. The second-order valence-electron chi connectivity index (χ2n) is 5.01. The lowest BCUT2D eigenvalue weighted by molar-refractivity contribution is 0.102. The zero-order valence-electron chi connectivity index (χ0n) is 12.6. The Balaban J connectivity index is 1.62. The molecule has 0 aliphatic carbocycles. The Bertz CT molecular complexity index is 1010. The van der Waals surface area contributed by atoms with Crippen molar-refractivity contribution in [3.8, 4) is 16.3 Å². The molecule has 0 aliphatic heterocycles. The Labute approximate surface area is 155 Å². The highest BCUT2D eigenvalue weighted by Crippen LogP contribution is 2.27. The maximum absolute atomic E-state index is 12.6. The van der Waals surface area contributed by atoms with Gasteiger partial charge < -0.3 is 5.32 Å². The molecule has 3 heterocycles. The fourth-order valence-electron chi connectivity index (χ4n) is 2.22. The van der Waals surface area contributed by atoms with Crippen LogP contribution in [0.15, 0.2) is 53.1 Å². The molecule has 25 heavy (non-hydrogen) atoms. The number of nitrogens with zero attached hydrogens (tertiary/aromatic N) is 4. The van der Waals surface area contributed by atoms with Crippen LogP contribution in [-0.4, -0.2) is 25.7 Å². The van der Waals surface area contributed by atoms with Crippen molar-refractivity contribution in [2.24, 2.45) is 0 Å². The monoisotopic (exact) mass is 387 g/mol. The van der Waals surface area contributed by atoms with Crippen LogP contribution in [0.4, 0.5) is 5.69 Å². The normalized spacial score (nSPS) is 10.8. The molecule has 3 aromatic heterocycles. The molecule has 0 saturated heterocycles. The molecule has 6 nitrogen and oxygen atoms in total. The number of hydrogen-bond donors (Lipinski definition) is 1. The van der Waals surface area contributed by atoms with E-state index in [1.807, 2.05) is 16.8 Å².